The van der Waals surface area contributed by atoms with Crippen LogP contribution in [0, 0.1) is 5.92 Å². The van der Waals surface area contributed by atoms with E-state index in [1.807, 2.05) is 0 Å². The first-order chi connectivity index (χ1) is 14.6. The molecule has 2 fully saturated rings. The van der Waals surface area contributed by atoms with Crippen molar-refractivity contribution in [1.82, 2.24) is 10.2 Å². The molecule has 166 valence electrons. The number of nitrogens with one attached hydrogen (secondary N) is 1. The van der Waals surface area contributed by atoms with Crippen LogP contribution in [-0.2, 0) is 4.74 Å². The summed E-state index contributed by atoms with van der Waals surface area (Å²) < 4.78 is 22.3. The number of benzene rings is 1. The molecule has 8 nitrogen and oxygen atoms in total. The molecule has 30 heavy (non-hydrogen) atoms. The highest BCUT2D eigenvalue weighted by Gasteiger charge is 2.31. The maximum Gasteiger partial charge on any atom is 0.255 e. The van der Waals surface area contributed by atoms with Crippen molar-refractivity contribution in [2.75, 3.05) is 53.1 Å². The largest absolute Gasteiger partial charge is 0.491 e. The number of methoxy groups -OCH3 is 1. The molecule has 0 spiro atoms. The highest BCUT2D eigenvalue weighted by atomic mass is 35.5. The first-order valence-corrected chi connectivity index (χ1v) is 10.9. The van der Waals surface area contributed by atoms with E-state index in [9.17, 15) is 9.90 Å². The molecule has 0 bridgehead atoms. The Morgan fingerprint density at radius 1 is 1.30 bits per heavy atom. The van der Waals surface area contributed by atoms with E-state index in [1.54, 1.807) is 0 Å². The molecule has 3 atom stereocenters. The lowest BCUT2D eigenvalue weighted by atomic mass is 9.93. The van der Waals surface area contributed by atoms with Crippen LogP contribution in [0.4, 0.5) is 0 Å². The Bertz CT molecular complexity index is 770. The highest BCUT2D eigenvalue weighted by Crippen LogP contribution is 2.46. The molecule has 1 unspecified atom stereocenters. The predicted molar refractivity (Wildman–Crippen MR) is 111 cm³/mol. The number of rotatable bonds is 6. The minimum atomic E-state index is -0.492. The molecule has 3 aliphatic rings. The van der Waals surface area contributed by atoms with Crippen LogP contribution in [0.15, 0.2) is 6.07 Å². The number of β-amino-alcohol motifs (C(OH)–C–C–N with tert-alkyl or cyclic N) is 1. The van der Waals surface area contributed by atoms with E-state index in [4.69, 9.17) is 30.5 Å². The summed E-state index contributed by atoms with van der Waals surface area (Å²) in [6.07, 6.45) is 2.81. The number of ether oxygens (including phenoxy) is 4. The fraction of sp³-hybridized carbons (Fsp3) is 0.667. The van der Waals surface area contributed by atoms with E-state index in [-0.39, 0.29) is 23.0 Å². The van der Waals surface area contributed by atoms with Crippen LogP contribution in [0.25, 0.3) is 0 Å². The van der Waals surface area contributed by atoms with Gasteiger partial charge in [0.25, 0.3) is 5.91 Å². The highest BCUT2D eigenvalue weighted by molar-refractivity contribution is 6.33. The van der Waals surface area contributed by atoms with Gasteiger partial charge >= 0.3 is 0 Å². The number of likely N-dealkylation sites (tertiary alicyclic amines) is 1. The molecule has 0 saturated carbocycles. The second-order valence-electron chi connectivity index (χ2n) is 8.02. The monoisotopic (exact) mass is 440 g/mol. The van der Waals surface area contributed by atoms with Gasteiger partial charge in [-0.15, -0.1) is 0 Å². The number of hydrogen-bond donors (Lipinski definition) is 2. The van der Waals surface area contributed by atoms with Gasteiger partial charge in [0.05, 0.1) is 29.9 Å². The molecule has 1 amide bonds. The Balaban J connectivity index is 1.35. The van der Waals surface area contributed by atoms with Crippen molar-refractivity contribution in [1.29, 1.82) is 0 Å². The molecule has 3 heterocycles. The van der Waals surface area contributed by atoms with Gasteiger partial charge in [-0.25, -0.2) is 0 Å². The molecule has 0 aromatic heterocycles. The van der Waals surface area contributed by atoms with Crippen molar-refractivity contribution in [3.63, 3.8) is 0 Å². The number of aliphatic hydroxyl groups excluding tert-OH is 1. The third-order valence-electron chi connectivity index (χ3n) is 5.99. The van der Waals surface area contributed by atoms with Crippen molar-refractivity contribution in [2.24, 2.45) is 5.92 Å². The number of aliphatic hydroxyl groups is 1. The Morgan fingerprint density at radius 2 is 2.10 bits per heavy atom. The molecule has 0 aliphatic carbocycles. The van der Waals surface area contributed by atoms with E-state index in [1.165, 1.54) is 13.2 Å². The summed E-state index contributed by atoms with van der Waals surface area (Å²) >= 11 is 6.27. The van der Waals surface area contributed by atoms with E-state index in [2.05, 4.69) is 10.2 Å². The van der Waals surface area contributed by atoms with Gasteiger partial charge in [-0.2, -0.15) is 0 Å². The average Bonchev–Trinajstić information content (AvgIpc) is 3.25. The van der Waals surface area contributed by atoms with Crippen LogP contribution < -0.4 is 19.5 Å². The number of carbonyl (C=O) groups is 1. The summed E-state index contributed by atoms with van der Waals surface area (Å²) in [6.45, 7) is 4.28. The van der Waals surface area contributed by atoms with Gasteiger partial charge in [0, 0.05) is 32.2 Å². The number of piperidine rings is 1. The minimum absolute atomic E-state index is 0.00332. The summed E-state index contributed by atoms with van der Waals surface area (Å²) in [4.78, 5) is 15.1. The van der Waals surface area contributed by atoms with Gasteiger partial charge in [-0.3, -0.25) is 9.69 Å². The molecule has 2 N–H and O–H groups in total. The van der Waals surface area contributed by atoms with Gasteiger partial charge in [0.15, 0.2) is 11.5 Å². The van der Waals surface area contributed by atoms with Gasteiger partial charge < -0.3 is 29.4 Å². The lowest BCUT2D eigenvalue weighted by molar-refractivity contribution is -0.00192. The fourth-order valence-corrected chi connectivity index (χ4v) is 4.63. The molecule has 1 aromatic rings. The lowest BCUT2D eigenvalue weighted by Crippen LogP contribution is -2.49. The molecule has 1 aromatic carbocycles. The van der Waals surface area contributed by atoms with Gasteiger partial charge in [0.2, 0.25) is 5.75 Å². The van der Waals surface area contributed by atoms with E-state index < -0.39 is 6.10 Å². The molecule has 4 rings (SSSR count). The van der Waals surface area contributed by atoms with Crippen molar-refractivity contribution < 1.29 is 28.8 Å². The first-order valence-electron chi connectivity index (χ1n) is 10.5. The summed E-state index contributed by atoms with van der Waals surface area (Å²) in [6, 6.07) is 1.53. The number of fused-ring (bicyclic) bond motifs is 1. The zero-order valence-corrected chi connectivity index (χ0v) is 18.0. The Morgan fingerprint density at radius 3 is 2.80 bits per heavy atom. The Labute approximate surface area is 181 Å². The summed E-state index contributed by atoms with van der Waals surface area (Å²) in [5, 5.41) is 13.8. The number of hydrogen-bond acceptors (Lipinski definition) is 7. The van der Waals surface area contributed by atoms with Crippen LogP contribution in [0.2, 0.25) is 5.02 Å². The first kappa shape index (κ1) is 21.5. The maximum atomic E-state index is 12.9. The number of halogens is 1. The summed E-state index contributed by atoms with van der Waals surface area (Å²) in [5.41, 5.74) is 0.306. The standard InChI is InChI=1S/C21H29ClN2O6/c1-27-19-16(22)9-15(18-20(19)30-8-7-29-18)21(26)23-10-13-4-5-24(12-17(13)25)11-14-3-2-6-28-14/h9,13-14,17,25H,2-8,10-12H2,1H3,(H,23,26)/t13-,14?,17+/m0/s1. The zero-order valence-electron chi connectivity index (χ0n) is 17.2. The fourth-order valence-electron chi connectivity index (χ4n) is 4.36. The Kier molecular flexibility index (Phi) is 6.87. The third-order valence-corrected chi connectivity index (χ3v) is 6.27. The minimum Gasteiger partial charge on any atom is -0.491 e. The van der Waals surface area contributed by atoms with E-state index in [0.29, 0.717) is 49.1 Å². The van der Waals surface area contributed by atoms with E-state index in [0.717, 1.165) is 39.0 Å². The Hall–Kier alpha value is -1.74. The molecular weight excluding hydrogens is 412 g/mol. The van der Waals surface area contributed by atoms with Crippen molar-refractivity contribution in [3.05, 3.63) is 16.7 Å². The maximum absolute atomic E-state index is 12.9. The normalized spacial score (nSPS) is 26.4. The van der Waals surface area contributed by atoms with Crippen molar-refractivity contribution in [3.8, 4) is 17.2 Å². The van der Waals surface area contributed by atoms with Crippen LogP contribution >= 0.6 is 11.6 Å². The number of carbonyl (C=O) groups excluding carboxylic acids is 1. The van der Waals surface area contributed by atoms with Gasteiger partial charge in [-0.1, -0.05) is 11.6 Å². The van der Waals surface area contributed by atoms with Gasteiger partial charge in [0.1, 0.15) is 13.2 Å². The summed E-state index contributed by atoms with van der Waals surface area (Å²) in [5.74, 6) is 0.736. The third kappa shape index (κ3) is 4.61. The molecule has 3 aliphatic heterocycles. The van der Waals surface area contributed by atoms with Crippen LogP contribution in [-0.4, -0.2) is 81.2 Å². The van der Waals surface area contributed by atoms with Crippen LogP contribution in [0.1, 0.15) is 29.6 Å². The SMILES string of the molecule is COc1c(Cl)cc(C(=O)NC[C@@H]2CCN(CC3CCCO3)C[C@H]2O)c2c1OCCO2. The smallest absolute Gasteiger partial charge is 0.255 e. The second-order valence-corrected chi connectivity index (χ2v) is 8.42. The number of amides is 1. The van der Waals surface area contributed by atoms with Crippen LogP contribution in [0.3, 0.4) is 0 Å². The molecule has 2 saturated heterocycles. The number of nitrogens with zero attached hydrogens (tertiary/aromatic N) is 1. The predicted octanol–water partition coefficient (Wildman–Crippen LogP) is 1.71. The van der Waals surface area contributed by atoms with Crippen molar-refractivity contribution >= 4 is 17.5 Å². The molecule has 9 heteroatoms. The zero-order chi connectivity index (χ0) is 21.1. The second kappa shape index (κ2) is 9.60. The lowest BCUT2D eigenvalue weighted by Gasteiger charge is -2.37. The summed E-state index contributed by atoms with van der Waals surface area (Å²) in [7, 11) is 1.49. The van der Waals surface area contributed by atoms with E-state index >= 15 is 0 Å². The molecule has 0 radical (unpaired) electrons. The van der Waals surface area contributed by atoms with Crippen molar-refractivity contribution in [2.45, 2.75) is 31.5 Å². The quantitative estimate of drug-likeness (QED) is 0.696. The van der Waals surface area contributed by atoms with Gasteiger partial charge in [-0.05, 0) is 31.9 Å². The molecular formula is C21H29ClN2O6. The topological polar surface area (TPSA) is 89.5 Å². The average molecular weight is 441 g/mol. The van der Waals surface area contributed by atoms with Crippen LogP contribution in [0.5, 0.6) is 17.2 Å².